The van der Waals surface area contributed by atoms with Crippen LogP contribution in [-0.2, 0) is 19.0 Å². The molecule has 4 N–H and O–H groups in total. The number of aliphatic hydroxyl groups is 1. The molecule has 0 saturated carbocycles. The number of nitrogens with two attached hydrogens (primary N) is 1. The van der Waals surface area contributed by atoms with E-state index in [4.69, 9.17) is 20.4 Å². The minimum atomic E-state index is -4.83. The molecule has 3 aromatic rings. The lowest BCUT2D eigenvalue weighted by molar-refractivity contribution is -0.139. The van der Waals surface area contributed by atoms with Gasteiger partial charge in [-0.2, -0.15) is 31.3 Å². The molecular weight excluding hydrogens is 496 g/mol. The lowest BCUT2D eigenvalue weighted by atomic mass is 10.1. The number of rotatable bonds is 5. The van der Waals surface area contributed by atoms with Gasteiger partial charge in [0.1, 0.15) is 18.4 Å². The summed E-state index contributed by atoms with van der Waals surface area (Å²) in [6.45, 7) is -0.130. The van der Waals surface area contributed by atoms with Crippen LogP contribution < -0.4 is 10.5 Å². The van der Waals surface area contributed by atoms with Gasteiger partial charge in [-0.15, -0.1) is 0 Å². The largest absolute Gasteiger partial charge is 0.488 e. The Kier molecular flexibility index (Phi) is 6.56. The highest BCUT2D eigenvalue weighted by molar-refractivity contribution is 5.75. The number of aliphatic hydroxyl groups excluding tert-OH is 1. The molecule has 1 aromatic heterocycles. The van der Waals surface area contributed by atoms with Crippen LogP contribution in [0.4, 0.5) is 26.3 Å². The van der Waals surface area contributed by atoms with Crippen molar-refractivity contribution >= 4 is 5.96 Å². The molecule has 0 radical (unpaired) electrons. The van der Waals surface area contributed by atoms with Gasteiger partial charge in [0, 0.05) is 12.1 Å². The lowest BCUT2D eigenvalue weighted by Gasteiger charge is -2.22. The van der Waals surface area contributed by atoms with Crippen molar-refractivity contribution in [3.63, 3.8) is 0 Å². The third-order valence-electron chi connectivity index (χ3n) is 5.59. The summed E-state index contributed by atoms with van der Waals surface area (Å²) in [5.41, 5.74) is 3.66. The van der Waals surface area contributed by atoms with Crippen molar-refractivity contribution < 1.29 is 40.7 Å². The Morgan fingerprint density at radius 1 is 1.11 bits per heavy atom. The molecule has 0 aliphatic carbocycles. The Bertz CT molecular complexity index is 1240. The van der Waals surface area contributed by atoms with Crippen LogP contribution in [0.2, 0.25) is 0 Å². The standard InChI is InChI=1S/C22H19F6N5O3/c23-21(24,25)13-4-1-11(2-5-13)10-35-16-6-3-12(9-14(16)22(26,27)28)18-31-19(36-32-18)17-15(34)7-8-33(17)20(29)30/h1-6,9,15,17,34H,7-8,10H2,(H3,29,30)/t15-,17-/m0/s1. The van der Waals surface area contributed by atoms with Crippen LogP contribution in [0, 0.1) is 5.41 Å². The van der Waals surface area contributed by atoms with Gasteiger partial charge in [-0.25, -0.2) is 0 Å². The molecule has 1 aliphatic rings. The lowest BCUT2D eigenvalue weighted by Crippen LogP contribution is -2.37. The van der Waals surface area contributed by atoms with E-state index in [1.165, 1.54) is 11.0 Å². The van der Waals surface area contributed by atoms with E-state index in [2.05, 4.69) is 10.1 Å². The summed E-state index contributed by atoms with van der Waals surface area (Å²) in [6.07, 6.45) is -10.0. The van der Waals surface area contributed by atoms with Crippen molar-refractivity contribution in [3.05, 3.63) is 65.0 Å². The van der Waals surface area contributed by atoms with Gasteiger partial charge in [-0.1, -0.05) is 17.3 Å². The van der Waals surface area contributed by atoms with Gasteiger partial charge >= 0.3 is 12.4 Å². The Labute approximate surface area is 199 Å². The van der Waals surface area contributed by atoms with Crippen LogP contribution in [0.3, 0.4) is 0 Å². The van der Waals surface area contributed by atoms with E-state index in [0.29, 0.717) is 0 Å². The number of halogens is 6. The van der Waals surface area contributed by atoms with Crippen LogP contribution in [0.5, 0.6) is 5.75 Å². The SMILES string of the molecule is N=C(N)N1CC[C@H](O)[C@H]1c1nc(-c2ccc(OCc3ccc(C(F)(F)F)cc3)c(C(F)(F)F)c2)no1. The fourth-order valence-electron chi connectivity index (χ4n) is 3.78. The van der Waals surface area contributed by atoms with Crippen LogP contribution in [0.15, 0.2) is 47.0 Å². The number of alkyl halides is 6. The maximum atomic E-state index is 13.7. The molecule has 0 amide bonds. The fourth-order valence-corrected chi connectivity index (χ4v) is 3.78. The molecule has 192 valence electrons. The van der Waals surface area contributed by atoms with Crippen LogP contribution in [0.1, 0.15) is 35.0 Å². The minimum absolute atomic E-state index is 0.0546. The van der Waals surface area contributed by atoms with Crippen LogP contribution in [-0.4, -0.2) is 38.8 Å². The monoisotopic (exact) mass is 515 g/mol. The second kappa shape index (κ2) is 9.33. The molecule has 0 bridgehead atoms. The Morgan fingerprint density at radius 3 is 2.42 bits per heavy atom. The number of nitrogens with one attached hydrogen (secondary N) is 1. The number of guanidine groups is 1. The molecule has 0 unspecified atom stereocenters. The third-order valence-corrected chi connectivity index (χ3v) is 5.59. The van der Waals surface area contributed by atoms with E-state index >= 15 is 0 Å². The summed E-state index contributed by atoms with van der Waals surface area (Å²) < 4.78 is 89.7. The predicted octanol–water partition coefficient (Wildman–Crippen LogP) is 4.35. The van der Waals surface area contributed by atoms with Gasteiger partial charge in [-0.05, 0) is 42.3 Å². The molecule has 2 aromatic carbocycles. The predicted molar refractivity (Wildman–Crippen MR) is 112 cm³/mol. The topological polar surface area (TPSA) is 121 Å². The van der Waals surface area contributed by atoms with Crippen molar-refractivity contribution in [2.24, 2.45) is 5.73 Å². The van der Waals surface area contributed by atoms with E-state index in [1.54, 1.807) is 0 Å². The Balaban J connectivity index is 1.57. The molecule has 14 heteroatoms. The zero-order valence-electron chi connectivity index (χ0n) is 18.3. The summed E-state index contributed by atoms with van der Waals surface area (Å²) in [5, 5.41) is 21.5. The molecule has 2 heterocycles. The highest BCUT2D eigenvalue weighted by atomic mass is 19.4. The molecule has 8 nitrogen and oxygen atoms in total. The van der Waals surface area contributed by atoms with Crippen molar-refractivity contribution in [2.45, 2.75) is 37.5 Å². The van der Waals surface area contributed by atoms with E-state index < -0.39 is 48.0 Å². The first kappa shape index (κ1) is 25.3. The quantitative estimate of drug-likeness (QED) is 0.262. The van der Waals surface area contributed by atoms with E-state index in [9.17, 15) is 31.4 Å². The number of ether oxygens (including phenoxy) is 1. The minimum Gasteiger partial charge on any atom is -0.488 e. The molecule has 36 heavy (non-hydrogen) atoms. The molecule has 1 aliphatic heterocycles. The van der Waals surface area contributed by atoms with Crippen LogP contribution >= 0.6 is 0 Å². The first-order valence-corrected chi connectivity index (χ1v) is 10.5. The second-order valence-electron chi connectivity index (χ2n) is 8.03. The van der Waals surface area contributed by atoms with Crippen molar-refractivity contribution in [3.8, 4) is 17.1 Å². The van der Waals surface area contributed by atoms with Gasteiger partial charge in [-0.3, -0.25) is 5.41 Å². The van der Waals surface area contributed by atoms with Gasteiger partial charge < -0.3 is 25.0 Å². The fraction of sp³-hybridized carbons (Fsp3) is 0.318. The second-order valence-corrected chi connectivity index (χ2v) is 8.03. The van der Waals surface area contributed by atoms with Crippen molar-refractivity contribution in [1.82, 2.24) is 15.0 Å². The molecular formula is C22H19F6N5O3. The van der Waals surface area contributed by atoms with Crippen molar-refractivity contribution in [1.29, 1.82) is 5.41 Å². The molecule has 2 atom stereocenters. The van der Waals surface area contributed by atoms with E-state index in [0.717, 1.165) is 36.4 Å². The number of benzene rings is 2. The summed E-state index contributed by atoms with van der Waals surface area (Å²) in [4.78, 5) is 5.42. The van der Waals surface area contributed by atoms with Gasteiger partial charge in [0.15, 0.2) is 5.96 Å². The number of aromatic nitrogens is 2. The summed E-state index contributed by atoms with van der Waals surface area (Å²) in [6, 6.07) is 6.02. The number of nitrogens with zero attached hydrogens (tertiary/aromatic N) is 3. The third kappa shape index (κ3) is 5.22. The molecule has 1 fully saturated rings. The zero-order valence-corrected chi connectivity index (χ0v) is 18.3. The number of likely N-dealkylation sites (tertiary alicyclic amines) is 1. The maximum absolute atomic E-state index is 13.7. The van der Waals surface area contributed by atoms with Crippen molar-refractivity contribution in [2.75, 3.05) is 6.54 Å². The summed E-state index contributed by atoms with van der Waals surface area (Å²) >= 11 is 0. The number of hydrogen-bond donors (Lipinski definition) is 3. The first-order valence-electron chi connectivity index (χ1n) is 10.5. The average Bonchev–Trinajstić information content (AvgIpc) is 3.43. The zero-order chi connectivity index (χ0) is 26.3. The smallest absolute Gasteiger partial charge is 0.419 e. The molecule has 0 spiro atoms. The molecule has 4 rings (SSSR count). The summed E-state index contributed by atoms with van der Waals surface area (Å²) in [7, 11) is 0. The van der Waals surface area contributed by atoms with Crippen LogP contribution in [0.25, 0.3) is 11.4 Å². The van der Waals surface area contributed by atoms with E-state index in [1.807, 2.05) is 0 Å². The average molecular weight is 515 g/mol. The Morgan fingerprint density at radius 2 is 1.81 bits per heavy atom. The highest BCUT2D eigenvalue weighted by Crippen LogP contribution is 2.39. The Hall–Kier alpha value is -3.81. The van der Waals surface area contributed by atoms with E-state index in [-0.39, 0.29) is 41.8 Å². The number of hydrogen-bond acceptors (Lipinski definition) is 6. The van der Waals surface area contributed by atoms with Gasteiger partial charge in [0.25, 0.3) is 5.89 Å². The van der Waals surface area contributed by atoms with Gasteiger partial charge in [0.05, 0.1) is 17.2 Å². The maximum Gasteiger partial charge on any atom is 0.419 e. The highest BCUT2D eigenvalue weighted by Gasteiger charge is 2.40. The first-order chi connectivity index (χ1) is 16.8. The normalized spacial score (nSPS) is 18.5. The summed E-state index contributed by atoms with van der Waals surface area (Å²) in [5.74, 6) is -1.16. The van der Waals surface area contributed by atoms with Gasteiger partial charge in [0.2, 0.25) is 5.82 Å². The molecule has 1 saturated heterocycles.